The molecule has 1 rings (SSSR count). The molecule has 1 aromatic carbocycles. The number of carbonyl (C=O) groups excluding carboxylic acids is 1. The van der Waals surface area contributed by atoms with E-state index >= 15 is 0 Å². The molecule has 0 fully saturated rings. The highest BCUT2D eigenvalue weighted by Crippen LogP contribution is 1.97. The fourth-order valence-electron chi connectivity index (χ4n) is 1.25. The molecule has 2 heteroatoms. The summed E-state index contributed by atoms with van der Waals surface area (Å²) < 4.78 is 0. The van der Waals surface area contributed by atoms with Crippen molar-refractivity contribution in [3.05, 3.63) is 48.0 Å². The number of nitrogens with one attached hydrogen (secondary N) is 1. The highest BCUT2D eigenvalue weighted by molar-refractivity contribution is 5.94. The summed E-state index contributed by atoms with van der Waals surface area (Å²) in [6.45, 7) is 2.79. The van der Waals surface area contributed by atoms with E-state index in [-0.39, 0.29) is 5.91 Å². The van der Waals surface area contributed by atoms with E-state index in [1.165, 1.54) is 0 Å². The lowest BCUT2D eigenvalue weighted by Gasteiger charge is -2.02. The minimum atomic E-state index is 0.000462. The van der Waals surface area contributed by atoms with Gasteiger partial charge in [0.1, 0.15) is 0 Å². The first kappa shape index (κ1) is 11.5. The Morgan fingerprint density at radius 3 is 2.67 bits per heavy atom. The third-order valence-corrected chi connectivity index (χ3v) is 2.03. The Morgan fingerprint density at radius 2 is 2.00 bits per heavy atom. The number of hydrogen-bond acceptors (Lipinski definition) is 1. The lowest BCUT2D eigenvalue weighted by atomic mass is 10.2. The van der Waals surface area contributed by atoms with Gasteiger partial charge in [0.05, 0.1) is 0 Å². The first-order valence-electron chi connectivity index (χ1n) is 5.33. The monoisotopic (exact) mass is 203 g/mol. The summed E-state index contributed by atoms with van der Waals surface area (Å²) in [4.78, 5) is 11.5. The Bertz CT molecular complexity index is 317. The molecule has 0 aliphatic heterocycles. The van der Waals surface area contributed by atoms with E-state index in [0.717, 1.165) is 18.4 Å². The maximum atomic E-state index is 11.5. The van der Waals surface area contributed by atoms with E-state index in [4.69, 9.17) is 0 Å². The lowest BCUT2D eigenvalue weighted by molar-refractivity contribution is 0.0954. The number of benzene rings is 1. The Morgan fingerprint density at radius 1 is 1.27 bits per heavy atom. The number of hydrogen-bond donors (Lipinski definition) is 1. The van der Waals surface area contributed by atoms with Gasteiger partial charge < -0.3 is 5.32 Å². The van der Waals surface area contributed by atoms with Gasteiger partial charge in [0.25, 0.3) is 5.91 Å². The van der Waals surface area contributed by atoms with E-state index in [9.17, 15) is 4.79 Å². The zero-order valence-corrected chi connectivity index (χ0v) is 9.07. The molecule has 1 N–H and O–H groups in total. The Hall–Kier alpha value is -1.57. The predicted octanol–water partition coefficient (Wildman–Crippen LogP) is 2.77. The third kappa shape index (κ3) is 4.45. The van der Waals surface area contributed by atoms with Crippen LogP contribution >= 0.6 is 0 Å². The molecule has 0 aliphatic rings. The SMILES string of the molecule is CC/C=C/CCNC(=O)c1ccccc1. The molecule has 0 spiro atoms. The molecular formula is C13H17NO. The van der Waals surface area contributed by atoms with Gasteiger partial charge in [0.15, 0.2) is 0 Å². The van der Waals surface area contributed by atoms with Gasteiger partial charge in [-0.3, -0.25) is 4.79 Å². The second kappa shape index (κ2) is 6.82. The van der Waals surface area contributed by atoms with Crippen molar-refractivity contribution in [3.8, 4) is 0 Å². The van der Waals surface area contributed by atoms with Crippen LogP contribution in [0.1, 0.15) is 30.1 Å². The van der Waals surface area contributed by atoms with E-state index < -0.39 is 0 Å². The Balaban J connectivity index is 2.28. The minimum Gasteiger partial charge on any atom is -0.352 e. The van der Waals surface area contributed by atoms with Gasteiger partial charge in [0.2, 0.25) is 0 Å². The van der Waals surface area contributed by atoms with Crippen LogP contribution in [0.4, 0.5) is 0 Å². The summed E-state index contributed by atoms with van der Waals surface area (Å²) in [5.74, 6) is 0.000462. The number of rotatable bonds is 5. The molecule has 15 heavy (non-hydrogen) atoms. The average molecular weight is 203 g/mol. The van der Waals surface area contributed by atoms with Gasteiger partial charge in [-0.05, 0) is 25.0 Å². The molecular weight excluding hydrogens is 186 g/mol. The predicted molar refractivity (Wildman–Crippen MR) is 62.8 cm³/mol. The van der Waals surface area contributed by atoms with Gasteiger partial charge in [-0.25, -0.2) is 0 Å². The van der Waals surface area contributed by atoms with Gasteiger partial charge in [-0.2, -0.15) is 0 Å². The van der Waals surface area contributed by atoms with Gasteiger partial charge in [0, 0.05) is 12.1 Å². The van der Waals surface area contributed by atoms with Crippen molar-refractivity contribution in [2.45, 2.75) is 19.8 Å². The van der Waals surface area contributed by atoms with Crippen LogP contribution < -0.4 is 5.32 Å². The quantitative estimate of drug-likeness (QED) is 0.578. The van der Waals surface area contributed by atoms with Crippen molar-refractivity contribution < 1.29 is 4.79 Å². The van der Waals surface area contributed by atoms with Gasteiger partial charge in [-0.1, -0.05) is 37.3 Å². The topological polar surface area (TPSA) is 29.1 Å². The average Bonchev–Trinajstić information content (AvgIpc) is 2.30. The standard InChI is InChI=1S/C13H17NO/c1-2-3-4-8-11-14-13(15)12-9-6-5-7-10-12/h3-7,9-10H,2,8,11H2,1H3,(H,14,15)/b4-3+. The van der Waals surface area contributed by atoms with Crippen molar-refractivity contribution in [1.82, 2.24) is 5.32 Å². The smallest absolute Gasteiger partial charge is 0.251 e. The number of allylic oxidation sites excluding steroid dienone is 1. The molecule has 0 bridgehead atoms. The molecule has 0 aliphatic carbocycles. The summed E-state index contributed by atoms with van der Waals surface area (Å²) in [7, 11) is 0. The zero-order valence-electron chi connectivity index (χ0n) is 9.07. The van der Waals surface area contributed by atoms with Crippen LogP contribution in [0.25, 0.3) is 0 Å². The third-order valence-electron chi connectivity index (χ3n) is 2.03. The molecule has 0 radical (unpaired) electrons. The number of amides is 1. The first-order chi connectivity index (χ1) is 7.34. The molecule has 0 saturated carbocycles. The Labute approximate surface area is 91.0 Å². The summed E-state index contributed by atoms with van der Waals surface area (Å²) >= 11 is 0. The van der Waals surface area contributed by atoms with Crippen LogP contribution in [0.15, 0.2) is 42.5 Å². The second-order valence-electron chi connectivity index (χ2n) is 3.29. The molecule has 1 amide bonds. The van der Waals surface area contributed by atoms with Crippen molar-refractivity contribution in [2.75, 3.05) is 6.54 Å². The van der Waals surface area contributed by atoms with E-state index in [0.29, 0.717) is 6.54 Å². The van der Waals surface area contributed by atoms with Gasteiger partial charge in [-0.15, -0.1) is 0 Å². The van der Waals surface area contributed by atoms with Crippen molar-refractivity contribution in [2.24, 2.45) is 0 Å². The lowest BCUT2D eigenvalue weighted by Crippen LogP contribution is -2.23. The molecule has 2 nitrogen and oxygen atoms in total. The van der Waals surface area contributed by atoms with Crippen LogP contribution in [0.5, 0.6) is 0 Å². The van der Waals surface area contributed by atoms with E-state index in [1.54, 1.807) is 0 Å². The molecule has 0 aromatic heterocycles. The second-order valence-corrected chi connectivity index (χ2v) is 3.29. The molecule has 0 heterocycles. The molecule has 80 valence electrons. The zero-order chi connectivity index (χ0) is 10.9. The highest BCUT2D eigenvalue weighted by Gasteiger charge is 2.01. The molecule has 0 atom stereocenters. The maximum Gasteiger partial charge on any atom is 0.251 e. The maximum absolute atomic E-state index is 11.5. The Kier molecular flexibility index (Phi) is 5.23. The first-order valence-corrected chi connectivity index (χ1v) is 5.33. The summed E-state index contributed by atoms with van der Waals surface area (Å²) in [5, 5.41) is 2.87. The van der Waals surface area contributed by atoms with Crippen molar-refractivity contribution in [1.29, 1.82) is 0 Å². The minimum absolute atomic E-state index is 0.000462. The molecule has 0 saturated heterocycles. The van der Waals surface area contributed by atoms with E-state index in [1.807, 2.05) is 30.3 Å². The van der Waals surface area contributed by atoms with Crippen molar-refractivity contribution >= 4 is 5.91 Å². The van der Waals surface area contributed by atoms with Crippen molar-refractivity contribution in [3.63, 3.8) is 0 Å². The van der Waals surface area contributed by atoms with E-state index in [2.05, 4.69) is 24.4 Å². The summed E-state index contributed by atoms with van der Waals surface area (Å²) in [5.41, 5.74) is 0.719. The van der Waals surface area contributed by atoms with Crippen LogP contribution in [0.2, 0.25) is 0 Å². The fraction of sp³-hybridized carbons (Fsp3) is 0.308. The molecule has 1 aromatic rings. The highest BCUT2D eigenvalue weighted by atomic mass is 16.1. The van der Waals surface area contributed by atoms with Crippen LogP contribution in [-0.2, 0) is 0 Å². The normalized spacial score (nSPS) is 10.5. The summed E-state index contributed by atoms with van der Waals surface area (Å²) in [6.07, 6.45) is 6.14. The summed E-state index contributed by atoms with van der Waals surface area (Å²) in [6, 6.07) is 9.27. The molecule has 0 unspecified atom stereocenters. The number of carbonyl (C=O) groups is 1. The van der Waals surface area contributed by atoms with Gasteiger partial charge >= 0.3 is 0 Å². The van der Waals surface area contributed by atoms with Crippen LogP contribution in [0.3, 0.4) is 0 Å². The fourth-order valence-corrected chi connectivity index (χ4v) is 1.25. The van der Waals surface area contributed by atoms with Crippen LogP contribution in [0, 0.1) is 0 Å². The van der Waals surface area contributed by atoms with Crippen LogP contribution in [-0.4, -0.2) is 12.5 Å². The largest absolute Gasteiger partial charge is 0.352 e.